The number of aldehydes is 1. The Hall–Kier alpha value is -3.23. The van der Waals surface area contributed by atoms with Crippen LogP contribution in [0.4, 0.5) is 5.69 Å². The topological polar surface area (TPSA) is 142 Å². The molecule has 4 N–H and O–H groups in total. The van der Waals surface area contributed by atoms with Crippen molar-refractivity contribution < 1.29 is 29.1 Å². The van der Waals surface area contributed by atoms with E-state index in [2.05, 4.69) is 16.0 Å². The molecule has 0 radical (unpaired) electrons. The fourth-order valence-electron chi connectivity index (χ4n) is 3.09. The third-order valence-electron chi connectivity index (χ3n) is 4.65. The Kier molecular flexibility index (Phi) is 8.32. The van der Waals surface area contributed by atoms with E-state index in [1.54, 1.807) is 12.1 Å². The van der Waals surface area contributed by atoms with Gasteiger partial charge in [0.1, 0.15) is 6.04 Å². The number of carboxylic acids is 1. The summed E-state index contributed by atoms with van der Waals surface area (Å²) in [5.74, 6) is -2.28. The van der Waals surface area contributed by atoms with Gasteiger partial charge in [0, 0.05) is 25.1 Å². The van der Waals surface area contributed by atoms with Crippen molar-refractivity contribution in [1.82, 2.24) is 10.6 Å². The highest BCUT2D eigenvalue weighted by molar-refractivity contribution is 6.07. The first-order valence-corrected chi connectivity index (χ1v) is 9.60. The van der Waals surface area contributed by atoms with E-state index in [9.17, 15) is 24.0 Å². The normalized spacial score (nSPS) is 16.1. The second-order valence-corrected chi connectivity index (χ2v) is 6.85. The number of unbranched alkanes of at least 4 members (excludes halogenated alkanes) is 3. The van der Waals surface area contributed by atoms with Gasteiger partial charge in [0.2, 0.25) is 11.8 Å². The van der Waals surface area contributed by atoms with Crippen LogP contribution in [0.25, 0.3) is 0 Å². The molecular weight excluding hydrogens is 378 g/mol. The number of nitrogens with one attached hydrogen (secondary N) is 3. The molecule has 1 aliphatic heterocycles. The lowest BCUT2D eigenvalue weighted by Gasteiger charge is -2.22. The lowest BCUT2D eigenvalue weighted by atomic mass is 10.0. The molecular formula is C20H25N3O6. The Balaban J connectivity index is 1.92. The van der Waals surface area contributed by atoms with E-state index in [0.717, 1.165) is 19.3 Å². The van der Waals surface area contributed by atoms with Gasteiger partial charge >= 0.3 is 5.97 Å². The van der Waals surface area contributed by atoms with E-state index in [-0.39, 0.29) is 36.3 Å². The molecule has 1 fully saturated rings. The van der Waals surface area contributed by atoms with Crippen LogP contribution >= 0.6 is 0 Å². The summed E-state index contributed by atoms with van der Waals surface area (Å²) in [6.45, 7) is 0.576. The van der Waals surface area contributed by atoms with Crippen molar-refractivity contribution in [1.29, 1.82) is 0 Å². The Morgan fingerprint density at radius 1 is 1.17 bits per heavy atom. The van der Waals surface area contributed by atoms with Gasteiger partial charge in [-0.1, -0.05) is 18.9 Å². The molecule has 29 heavy (non-hydrogen) atoms. The molecule has 1 aromatic carbocycles. The zero-order valence-corrected chi connectivity index (χ0v) is 16.0. The Morgan fingerprint density at radius 3 is 2.62 bits per heavy atom. The maximum Gasteiger partial charge on any atom is 0.303 e. The molecule has 3 amide bonds. The molecule has 1 aromatic rings. The number of hydrogen-bond donors (Lipinski definition) is 4. The van der Waals surface area contributed by atoms with Crippen molar-refractivity contribution in [2.45, 2.75) is 51.0 Å². The molecule has 1 aliphatic rings. The fourth-order valence-corrected chi connectivity index (χ4v) is 3.09. The Bertz CT molecular complexity index is 792. The van der Waals surface area contributed by atoms with Gasteiger partial charge in [0.15, 0.2) is 6.29 Å². The highest BCUT2D eigenvalue weighted by atomic mass is 16.4. The third kappa shape index (κ3) is 6.70. The molecule has 1 unspecified atom stereocenters. The van der Waals surface area contributed by atoms with Crippen molar-refractivity contribution in [2.24, 2.45) is 0 Å². The summed E-state index contributed by atoms with van der Waals surface area (Å²) in [7, 11) is 0. The van der Waals surface area contributed by atoms with Gasteiger partial charge in [-0.3, -0.25) is 29.3 Å². The van der Waals surface area contributed by atoms with Gasteiger partial charge in [-0.05, 0) is 31.4 Å². The summed E-state index contributed by atoms with van der Waals surface area (Å²) in [5, 5.41) is 16.5. The van der Waals surface area contributed by atoms with Crippen molar-refractivity contribution in [3.05, 3.63) is 29.3 Å². The molecule has 156 valence electrons. The van der Waals surface area contributed by atoms with Crippen molar-refractivity contribution in [3.63, 3.8) is 0 Å². The molecule has 2 rings (SSSR count). The lowest BCUT2D eigenvalue weighted by Crippen LogP contribution is -2.52. The SMILES string of the molecule is O=Cc1c(NCCCCCCC(=O)O)cccc1C(=O)NC1CCC(=O)NC1=O. The smallest absolute Gasteiger partial charge is 0.303 e. The molecule has 9 nitrogen and oxygen atoms in total. The van der Waals surface area contributed by atoms with Crippen molar-refractivity contribution in [2.75, 3.05) is 11.9 Å². The second-order valence-electron chi connectivity index (χ2n) is 6.85. The number of carbonyl (C=O) groups is 5. The van der Waals surface area contributed by atoms with Gasteiger partial charge in [-0.15, -0.1) is 0 Å². The van der Waals surface area contributed by atoms with Crippen LogP contribution in [0.15, 0.2) is 18.2 Å². The summed E-state index contributed by atoms with van der Waals surface area (Å²) in [6, 6.07) is 4.02. The van der Waals surface area contributed by atoms with Gasteiger partial charge in [-0.2, -0.15) is 0 Å². The summed E-state index contributed by atoms with van der Waals surface area (Å²) in [4.78, 5) is 57.7. The minimum absolute atomic E-state index is 0.144. The fraction of sp³-hybridized carbons (Fsp3) is 0.450. The molecule has 1 saturated heterocycles. The quantitative estimate of drug-likeness (QED) is 0.249. The van der Waals surface area contributed by atoms with E-state index in [1.807, 2.05) is 0 Å². The number of aliphatic carboxylic acids is 1. The number of hydrogen-bond acceptors (Lipinski definition) is 6. The summed E-state index contributed by atoms with van der Waals surface area (Å²) in [6.07, 6.45) is 4.20. The molecule has 1 atom stereocenters. The average molecular weight is 403 g/mol. The van der Waals surface area contributed by atoms with Crippen molar-refractivity contribution in [3.8, 4) is 0 Å². The van der Waals surface area contributed by atoms with Crippen molar-refractivity contribution >= 4 is 35.7 Å². The number of imide groups is 1. The van der Waals surface area contributed by atoms with E-state index < -0.39 is 23.8 Å². The average Bonchev–Trinajstić information content (AvgIpc) is 2.68. The van der Waals surface area contributed by atoms with Crippen LogP contribution in [0.1, 0.15) is 65.7 Å². The van der Waals surface area contributed by atoms with Crippen LogP contribution in [-0.4, -0.2) is 47.7 Å². The summed E-state index contributed by atoms with van der Waals surface area (Å²) in [5.41, 5.74) is 0.862. The highest BCUT2D eigenvalue weighted by Crippen LogP contribution is 2.19. The molecule has 0 saturated carbocycles. The maximum atomic E-state index is 12.6. The summed E-state index contributed by atoms with van der Waals surface area (Å²) < 4.78 is 0. The van der Waals surface area contributed by atoms with Crippen LogP contribution in [0.2, 0.25) is 0 Å². The molecule has 1 heterocycles. The van der Waals surface area contributed by atoms with E-state index in [1.165, 1.54) is 6.07 Å². The molecule has 0 spiro atoms. The van der Waals surface area contributed by atoms with Gasteiger partial charge in [-0.25, -0.2) is 0 Å². The van der Waals surface area contributed by atoms with Gasteiger partial charge < -0.3 is 15.7 Å². The van der Waals surface area contributed by atoms with Crippen LogP contribution < -0.4 is 16.0 Å². The van der Waals surface area contributed by atoms with Gasteiger partial charge in [0.25, 0.3) is 5.91 Å². The minimum atomic E-state index is -0.817. The largest absolute Gasteiger partial charge is 0.481 e. The van der Waals surface area contributed by atoms with Crippen LogP contribution in [0.5, 0.6) is 0 Å². The zero-order valence-electron chi connectivity index (χ0n) is 16.0. The van der Waals surface area contributed by atoms with E-state index in [0.29, 0.717) is 24.9 Å². The first-order valence-electron chi connectivity index (χ1n) is 9.60. The number of piperidine rings is 1. The Labute approximate surface area is 168 Å². The number of carbonyl (C=O) groups excluding carboxylic acids is 4. The van der Waals surface area contributed by atoms with E-state index in [4.69, 9.17) is 5.11 Å². The molecule has 0 bridgehead atoms. The third-order valence-corrected chi connectivity index (χ3v) is 4.65. The van der Waals surface area contributed by atoms with Crippen LogP contribution in [-0.2, 0) is 14.4 Å². The molecule has 0 aliphatic carbocycles. The maximum absolute atomic E-state index is 12.6. The predicted molar refractivity (Wildman–Crippen MR) is 105 cm³/mol. The lowest BCUT2D eigenvalue weighted by molar-refractivity contribution is -0.137. The van der Waals surface area contributed by atoms with Crippen LogP contribution in [0, 0.1) is 0 Å². The molecule has 9 heteroatoms. The number of amides is 3. The summed E-state index contributed by atoms with van der Waals surface area (Å²) >= 11 is 0. The number of rotatable bonds is 11. The first kappa shape index (κ1) is 22.1. The second kappa shape index (κ2) is 10.9. The predicted octanol–water partition coefficient (Wildman–Crippen LogP) is 1.48. The number of benzene rings is 1. The first-order chi connectivity index (χ1) is 13.9. The van der Waals surface area contributed by atoms with Crippen LogP contribution in [0.3, 0.4) is 0 Å². The molecule has 0 aromatic heterocycles. The zero-order chi connectivity index (χ0) is 21.2. The Morgan fingerprint density at radius 2 is 1.93 bits per heavy atom. The standard InChI is InChI=1S/C20H25N3O6/c24-12-14-13(19(28)22-16-9-10-17(25)23-20(16)29)6-5-7-15(14)21-11-4-2-1-3-8-18(26)27/h5-7,12,16,21H,1-4,8-11H2,(H,22,28)(H,26,27)(H,23,25,29). The van der Waals surface area contributed by atoms with E-state index >= 15 is 0 Å². The van der Waals surface area contributed by atoms with Gasteiger partial charge in [0.05, 0.1) is 11.1 Å². The number of anilines is 1. The highest BCUT2D eigenvalue weighted by Gasteiger charge is 2.28. The minimum Gasteiger partial charge on any atom is -0.481 e. The monoisotopic (exact) mass is 403 g/mol. The number of carboxylic acid groups (broad SMARTS) is 1.